The highest BCUT2D eigenvalue weighted by atomic mass is 28.4. The van der Waals surface area contributed by atoms with Gasteiger partial charge in [0.1, 0.15) is 5.75 Å². The standard InChI is InChI=1S/C17H29FOSi/c1-13(2)11-12-19-16-7-9-17(10-8-16)20(18,14(3)4)15(5)6/h7-10,13-15H,11-12H2,1-6H3. The lowest BCUT2D eigenvalue weighted by Gasteiger charge is -2.30. The van der Waals surface area contributed by atoms with Gasteiger partial charge in [0.05, 0.1) is 6.61 Å². The molecule has 0 fully saturated rings. The van der Waals surface area contributed by atoms with Crippen LogP contribution in [0, 0.1) is 5.92 Å². The van der Waals surface area contributed by atoms with E-state index in [1.165, 1.54) is 0 Å². The summed E-state index contributed by atoms with van der Waals surface area (Å²) in [5.41, 5.74) is 0.186. The van der Waals surface area contributed by atoms with Crippen LogP contribution in [0.4, 0.5) is 4.11 Å². The van der Waals surface area contributed by atoms with Crippen molar-refractivity contribution in [1.82, 2.24) is 0 Å². The maximum atomic E-state index is 15.4. The van der Waals surface area contributed by atoms with E-state index in [2.05, 4.69) is 13.8 Å². The van der Waals surface area contributed by atoms with Crippen molar-refractivity contribution >= 4 is 13.6 Å². The molecule has 0 atom stereocenters. The predicted molar refractivity (Wildman–Crippen MR) is 88.1 cm³/mol. The van der Waals surface area contributed by atoms with Gasteiger partial charge in [0.15, 0.2) is 0 Å². The zero-order valence-corrected chi connectivity index (χ0v) is 14.7. The Bertz CT molecular complexity index is 390. The SMILES string of the molecule is CC(C)CCOc1ccc([Si](F)(C(C)C)C(C)C)cc1. The molecule has 1 aromatic carbocycles. The largest absolute Gasteiger partial charge is 0.494 e. The third kappa shape index (κ3) is 4.08. The lowest BCUT2D eigenvalue weighted by Crippen LogP contribution is -2.48. The molecule has 0 saturated carbocycles. The van der Waals surface area contributed by atoms with Crippen LogP contribution in [0.25, 0.3) is 0 Å². The second kappa shape index (κ2) is 7.25. The van der Waals surface area contributed by atoms with E-state index in [1.54, 1.807) is 0 Å². The van der Waals surface area contributed by atoms with Crippen LogP contribution in [0.5, 0.6) is 5.75 Å². The van der Waals surface area contributed by atoms with Crippen LogP contribution in [-0.4, -0.2) is 15.0 Å². The Morgan fingerprint density at radius 1 is 0.950 bits per heavy atom. The van der Waals surface area contributed by atoms with Gasteiger partial charge in [0.25, 0.3) is 8.41 Å². The van der Waals surface area contributed by atoms with Crippen molar-refractivity contribution in [3.05, 3.63) is 24.3 Å². The molecular formula is C17H29FOSi. The third-order valence-corrected chi connectivity index (χ3v) is 8.52. The molecule has 3 heteroatoms. The summed E-state index contributed by atoms with van der Waals surface area (Å²) in [6, 6.07) is 7.69. The number of halogens is 1. The first-order chi connectivity index (χ1) is 9.28. The van der Waals surface area contributed by atoms with E-state index >= 15 is 4.11 Å². The molecule has 0 amide bonds. The van der Waals surface area contributed by atoms with Gasteiger partial charge in [-0.1, -0.05) is 53.7 Å². The maximum absolute atomic E-state index is 15.4. The van der Waals surface area contributed by atoms with Gasteiger partial charge in [-0.25, -0.2) is 0 Å². The van der Waals surface area contributed by atoms with E-state index in [0.717, 1.165) is 24.0 Å². The van der Waals surface area contributed by atoms with Gasteiger partial charge < -0.3 is 8.84 Å². The van der Waals surface area contributed by atoms with Crippen LogP contribution in [-0.2, 0) is 0 Å². The van der Waals surface area contributed by atoms with Gasteiger partial charge in [0.2, 0.25) is 0 Å². The summed E-state index contributed by atoms with van der Waals surface area (Å²) in [5, 5.41) is 0.888. The Balaban J connectivity index is 2.79. The Labute approximate surface area is 124 Å². The molecule has 0 N–H and O–H groups in total. The molecule has 0 bridgehead atoms. The minimum atomic E-state index is -2.91. The molecule has 0 aliphatic rings. The minimum absolute atomic E-state index is 0.0928. The van der Waals surface area contributed by atoms with Crippen molar-refractivity contribution in [1.29, 1.82) is 0 Å². The van der Waals surface area contributed by atoms with Crippen molar-refractivity contribution < 1.29 is 8.84 Å². The molecule has 0 aliphatic carbocycles. The average molecular weight is 297 g/mol. The number of hydrogen-bond acceptors (Lipinski definition) is 1. The molecule has 0 radical (unpaired) electrons. The molecule has 1 nitrogen and oxygen atoms in total. The number of ether oxygens (including phenoxy) is 1. The van der Waals surface area contributed by atoms with Crippen LogP contribution < -0.4 is 9.92 Å². The number of hydrogen-bond donors (Lipinski definition) is 0. The fourth-order valence-electron chi connectivity index (χ4n) is 2.55. The lowest BCUT2D eigenvalue weighted by molar-refractivity contribution is 0.289. The summed E-state index contributed by atoms with van der Waals surface area (Å²) < 4.78 is 21.1. The van der Waals surface area contributed by atoms with Crippen molar-refractivity contribution in [3.63, 3.8) is 0 Å². The Morgan fingerprint density at radius 2 is 1.45 bits per heavy atom. The van der Waals surface area contributed by atoms with Crippen LogP contribution in [0.1, 0.15) is 48.0 Å². The van der Waals surface area contributed by atoms with Crippen LogP contribution in [0.3, 0.4) is 0 Å². The molecule has 1 rings (SSSR count). The van der Waals surface area contributed by atoms with E-state index < -0.39 is 8.41 Å². The van der Waals surface area contributed by atoms with Crippen LogP contribution >= 0.6 is 0 Å². The molecule has 114 valence electrons. The van der Waals surface area contributed by atoms with Crippen molar-refractivity contribution in [2.75, 3.05) is 6.61 Å². The van der Waals surface area contributed by atoms with Gasteiger partial charge in [-0.2, -0.15) is 0 Å². The molecule has 0 spiro atoms. The van der Waals surface area contributed by atoms with E-state index in [0.29, 0.717) is 5.92 Å². The summed E-state index contributed by atoms with van der Waals surface area (Å²) in [5.74, 6) is 1.49. The van der Waals surface area contributed by atoms with Gasteiger partial charge in [-0.3, -0.25) is 0 Å². The molecule has 0 saturated heterocycles. The highest BCUT2D eigenvalue weighted by Gasteiger charge is 2.43. The molecule has 0 aliphatic heterocycles. The Kier molecular flexibility index (Phi) is 6.25. The lowest BCUT2D eigenvalue weighted by atomic mass is 10.1. The van der Waals surface area contributed by atoms with Crippen molar-refractivity contribution in [3.8, 4) is 5.75 Å². The number of benzene rings is 1. The topological polar surface area (TPSA) is 9.23 Å². The summed E-state index contributed by atoms with van der Waals surface area (Å²) in [7, 11) is -2.91. The molecule has 1 aromatic rings. The van der Waals surface area contributed by atoms with Gasteiger partial charge in [-0.15, -0.1) is 0 Å². The smallest absolute Gasteiger partial charge is 0.282 e. The fraction of sp³-hybridized carbons (Fsp3) is 0.647. The first-order valence-electron chi connectivity index (χ1n) is 7.70. The van der Waals surface area contributed by atoms with Gasteiger partial charge in [0, 0.05) is 0 Å². The second-order valence-corrected chi connectivity index (χ2v) is 11.1. The average Bonchev–Trinajstić information content (AvgIpc) is 2.37. The molecule has 0 unspecified atom stereocenters. The van der Waals surface area contributed by atoms with E-state index in [1.807, 2.05) is 52.0 Å². The Morgan fingerprint density at radius 3 is 1.85 bits per heavy atom. The van der Waals surface area contributed by atoms with Crippen LogP contribution in [0.2, 0.25) is 11.1 Å². The molecular weight excluding hydrogens is 267 g/mol. The third-order valence-electron chi connectivity index (χ3n) is 3.94. The second-order valence-electron chi connectivity index (χ2n) is 6.63. The molecule has 20 heavy (non-hydrogen) atoms. The zero-order valence-electron chi connectivity index (χ0n) is 13.7. The highest BCUT2D eigenvalue weighted by Crippen LogP contribution is 2.33. The van der Waals surface area contributed by atoms with E-state index in [-0.39, 0.29) is 11.1 Å². The molecule has 0 aromatic heterocycles. The van der Waals surface area contributed by atoms with E-state index in [4.69, 9.17) is 4.74 Å². The number of rotatable bonds is 7. The first kappa shape index (κ1) is 17.2. The van der Waals surface area contributed by atoms with Crippen molar-refractivity contribution in [2.45, 2.75) is 59.0 Å². The van der Waals surface area contributed by atoms with Crippen molar-refractivity contribution in [2.24, 2.45) is 5.92 Å². The zero-order chi connectivity index (χ0) is 15.3. The fourth-order valence-corrected chi connectivity index (χ4v) is 5.90. The normalized spacial score (nSPS) is 12.5. The first-order valence-corrected chi connectivity index (χ1v) is 9.74. The summed E-state index contributed by atoms with van der Waals surface area (Å²) in [6.45, 7) is 13.1. The maximum Gasteiger partial charge on any atom is 0.282 e. The monoisotopic (exact) mass is 296 g/mol. The quantitative estimate of drug-likeness (QED) is 0.505. The van der Waals surface area contributed by atoms with Crippen LogP contribution in [0.15, 0.2) is 24.3 Å². The predicted octanol–water partition coefficient (Wildman–Crippen LogP) is 5.05. The van der Waals surface area contributed by atoms with Gasteiger partial charge in [-0.05, 0) is 40.7 Å². The summed E-state index contributed by atoms with van der Waals surface area (Å²) in [6.07, 6.45) is 1.04. The van der Waals surface area contributed by atoms with E-state index in [9.17, 15) is 0 Å². The summed E-state index contributed by atoms with van der Waals surface area (Å²) >= 11 is 0. The van der Waals surface area contributed by atoms with Gasteiger partial charge >= 0.3 is 0 Å². The summed E-state index contributed by atoms with van der Waals surface area (Å²) in [4.78, 5) is 0. The highest BCUT2D eigenvalue weighted by molar-refractivity contribution is 6.88. The molecule has 0 heterocycles. The minimum Gasteiger partial charge on any atom is -0.494 e. The Hall–Kier alpha value is -0.833.